The van der Waals surface area contributed by atoms with Crippen molar-refractivity contribution in [2.75, 3.05) is 4.90 Å². The predicted molar refractivity (Wildman–Crippen MR) is 92.9 cm³/mol. The number of anilines is 1. The van der Waals surface area contributed by atoms with Crippen LogP contribution < -0.4 is 4.90 Å². The van der Waals surface area contributed by atoms with Crippen molar-refractivity contribution in [3.63, 3.8) is 0 Å². The lowest BCUT2D eigenvalue weighted by atomic mass is 10.1. The monoisotopic (exact) mass is 321 g/mol. The van der Waals surface area contributed by atoms with Gasteiger partial charge in [-0.1, -0.05) is 12.1 Å². The van der Waals surface area contributed by atoms with E-state index >= 15 is 0 Å². The number of imidazole rings is 1. The van der Waals surface area contributed by atoms with Gasteiger partial charge < -0.3 is 14.4 Å². The summed E-state index contributed by atoms with van der Waals surface area (Å²) in [5.41, 5.74) is 5.65. The summed E-state index contributed by atoms with van der Waals surface area (Å²) < 4.78 is 1.93. The maximum atomic E-state index is 11.8. The van der Waals surface area contributed by atoms with E-state index in [9.17, 15) is 9.90 Å². The van der Waals surface area contributed by atoms with E-state index < -0.39 is 0 Å². The number of carbonyl (C=O) groups is 1. The third-order valence-corrected chi connectivity index (χ3v) is 4.66. The van der Waals surface area contributed by atoms with Gasteiger partial charge in [0.15, 0.2) is 0 Å². The van der Waals surface area contributed by atoms with E-state index in [2.05, 4.69) is 18.0 Å². The second-order valence-electron chi connectivity index (χ2n) is 6.33. The van der Waals surface area contributed by atoms with Gasteiger partial charge in [0.25, 0.3) is 0 Å². The van der Waals surface area contributed by atoms with Crippen LogP contribution in [0.25, 0.3) is 16.9 Å². The molecule has 1 N–H and O–H groups in total. The minimum absolute atomic E-state index is 0.0317. The standard InChI is InChI=1S/C19H19N3O2/c1-12-8-16-9-14(5-6-18(16)22(12)13(2)24)17-10-21-7-3-4-15(11-23)19(21)20-17/h3-7,9-10,12,23H,8,11H2,1-2H3. The molecule has 0 radical (unpaired) electrons. The third-order valence-electron chi connectivity index (χ3n) is 4.66. The highest BCUT2D eigenvalue weighted by Crippen LogP contribution is 2.35. The molecule has 0 spiro atoms. The van der Waals surface area contributed by atoms with E-state index in [1.54, 1.807) is 6.92 Å². The van der Waals surface area contributed by atoms with Crippen LogP contribution in [0, 0.1) is 0 Å². The summed E-state index contributed by atoms with van der Waals surface area (Å²) in [4.78, 5) is 18.4. The van der Waals surface area contributed by atoms with Crippen LogP contribution in [-0.4, -0.2) is 26.4 Å². The first-order chi connectivity index (χ1) is 11.6. The quantitative estimate of drug-likeness (QED) is 0.789. The van der Waals surface area contributed by atoms with Crippen LogP contribution in [0.5, 0.6) is 0 Å². The Labute approximate surface area is 140 Å². The number of benzene rings is 1. The highest BCUT2D eigenvalue weighted by Gasteiger charge is 2.29. The number of aliphatic hydroxyl groups excluding tert-OH is 1. The van der Waals surface area contributed by atoms with Gasteiger partial charge in [-0.2, -0.15) is 0 Å². The van der Waals surface area contributed by atoms with Crippen LogP contribution in [0.15, 0.2) is 42.7 Å². The normalized spacial score (nSPS) is 16.6. The van der Waals surface area contributed by atoms with Crippen molar-refractivity contribution in [1.29, 1.82) is 0 Å². The second kappa shape index (κ2) is 5.46. The Kier molecular flexibility index (Phi) is 3.39. The maximum absolute atomic E-state index is 11.8. The number of pyridine rings is 1. The minimum Gasteiger partial charge on any atom is -0.392 e. The molecule has 1 aromatic carbocycles. The molecule has 2 aromatic heterocycles. The van der Waals surface area contributed by atoms with E-state index in [4.69, 9.17) is 0 Å². The minimum atomic E-state index is -0.0317. The Balaban J connectivity index is 1.79. The number of aromatic nitrogens is 2. The number of hydrogen-bond acceptors (Lipinski definition) is 3. The average molecular weight is 321 g/mol. The maximum Gasteiger partial charge on any atom is 0.224 e. The number of fused-ring (bicyclic) bond motifs is 2. The van der Waals surface area contributed by atoms with Crippen molar-refractivity contribution in [2.24, 2.45) is 0 Å². The topological polar surface area (TPSA) is 57.8 Å². The van der Waals surface area contributed by atoms with Gasteiger partial charge in [-0.05, 0) is 37.1 Å². The molecule has 0 saturated heterocycles. The highest BCUT2D eigenvalue weighted by molar-refractivity contribution is 5.95. The van der Waals surface area contributed by atoms with Crippen molar-refractivity contribution < 1.29 is 9.90 Å². The largest absolute Gasteiger partial charge is 0.392 e. The fourth-order valence-electron chi connectivity index (χ4n) is 3.60. The van der Waals surface area contributed by atoms with Crippen molar-refractivity contribution in [3.8, 4) is 11.3 Å². The van der Waals surface area contributed by atoms with Gasteiger partial charge in [-0.3, -0.25) is 4.79 Å². The first-order valence-corrected chi connectivity index (χ1v) is 8.09. The molecule has 4 rings (SSSR count). The summed E-state index contributed by atoms with van der Waals surface area (Å²) in [6.45, 7) is 3.65. The lowest BCUT2D eigenvalue weighted by Gasteiger charge is -2.20. The molecule has 0 aliphatic carbocycles. The summed E-state index contributed by atoms with van der Waals surface area (Å²) in [5.74, 6) is 0.0781. The van der Waals surface area contributed by atoms with E-state index in [1.165, 1.54) is 5.56 Å². The van der Waals surface area contributed by atoms with Gasteiger partial charge >= 0.3 is 0 Å². The van der Waals surface area contributed by atoms with Crippen LogP contribution in [0.4, 0.5) is 5.69 Å². The Morgan fingerprint density at radius 3 is 2.96 bits per heavy atom. The zero-order chi connectivity index (χ0) is 16.8. The first-order valence-electron chi connectivity index (χ1n) is 8.09. The second-order valence-corrected chi connectivity index (χ2v) is 6.33. The molecular weight excluding hydrogens is 302 g/mol. The zero-order valence-electron chi connectivity index (χ0n) is 13.7. The Bertz CT molecular complexity index is 945. The number of rotatable bonds is 2. The number of nitrogens with zero attached hydrogens (tertiary/aromatic N) is 3. The van der Waals surface area contributed by atoms with Crippen LogP contribution in [0.1, 0.15) is 25.0 Å². The molecule has 1 unspecified atom stereocenters. The summed E-state index contributed by atoms with van der Waals surface area (Å²) in [6, 6.07) is 10.1. The molecule has 1 amide bonds. The van der Waals surface area contributed by atoms with E-state index in [1.807, 2.05) is 46.0 Å². The molecule has 5 heteroatoms. The van der Waals surface area contributed by atoms with Crippen molar-refractivity contribution in [1.82, 2.24) is 9.38 Å². The van der Waals surface area contributed by atoms with Gasteiger partial charge in [0.1, 0.15) is 5.65 Å². The predicted octanol–water partition coefficient (Wildman–Crippen LogP) is 2.79. The summed E-state index contributed by atoms with van der Waals surface area (Å²) in [5, 5.41) is 9.46. The summed E-state index contributed by atoms with van der Waals surface area (Å²) in [6.07, 6.45) is 4.76. The molecular formula is C19H19N3O2. The van der Waals surface area contributed by atoms with Crippen LogP contribution in [-0.2, 0) is 17.8 Å². The van der Waals surface area contributed by atoms with E-state index in [0.717, 1.165) is 34.6 Å². The van der Waals surface area contributed by atoms with Gasteiger partial charge in [0, 0.05) is 42.2 Å². The highest BCUT2D eigenvalue weighted by atomic mass is 16.3. The SMILES string of the molecule is CC(=O)N1c2ccc(-c3cn4cccc(CO)c4n3)cc2CC1C. The molecule has 122 valence electrons. The number of aliphatic hydroxyl groups is 1. The van der Waals surface area contributed by atoms with Gasteiger partial charge in [0.2, 0.25) is 5.91 Å². The van der Waals surface area contributed by atoms with Crippen LogP contribution >= 0.6 is 0 Å². The van der Waals surface area contributed by atoms with Crippen LogP contribution in [0.2, 0.25) is 0 Å². The lowest BCUT2D eigenvalue weighted by Crippen LogP contribution is -2.33. The summed E-state index contributed by atoms with van der Waals surface area (Å²) >= 11 is 0. The third kappa shape index (κ3) is 2.20. The van der Waals surface area contributed by atoms with Gasteiger partial charge in [-0.15, -0.1) is 0 Å². The van der Waals surface area contributed by atoms with Crippen LogP contribution in [0.3, 0.4) is 0 Å². The van der Waals surface area contributed by atoms with E-state index in [-0.39, 0.29) is 18.6 Å². The number of carbonyl (C=O) groups excluding carboxylic acids is 1. The molecule has 1 aliphatic rings. The lowest BCUT2D eigenvalue weighted by molar-refractivity contribution is -0.116. The molecule has 0 fully saturated rings. The molecule has 0 saturated carbocycles. The molecule has 1 atom stereocenters. The number of hydrogen-bond donors (Lipinski definition) is 1. The van der Waals surface area contributed by atoms with Crippen molar-refractivity contribution in [2.45, 2.75) is 32.9 Å². The fourth-order valence-corrected chi connectivity index (χ4v) is 3.60. The smallest absolute Gasteiger partial charge is 0.224 e. The molecule has 3 heterocycles. The molecule has 24 heavy (non-hydrogen) atoms. The van der Waals surface area contributed by atoms with Crippen molar-refractivity contribution >= 4 is 17.2 Å². The molecule has 3 aromatic rings. The van der Waals surface area contributed by atoms with Gasteiger partial charge in [-0.25, -0.2) is 4.98 Å². The molecule has 1 aliphatic heterocycles. The molecule has 5 nitrogen and oxygen atoms in total. The zero-order valence-corrected chi connectivity index (χ0v) is 13.7. The van der Waals surface area contributed by atoms with Crippen molar-refractivity contribution in [3.05, 3.63) is 53.9 Å². The Morgan fingerprint density at radius 1 is 1.38 bits per heavy atom. The average Bonchev–Trinajstić information content (AvgIpc) is 3.13. The first kappa shape index (κ1) is 14.9. The molecule has 0 bridgehead atoms. The van der Waals surface area contributed by atoms with Gasteiger partial charge in [0.05, 0.1) is 12.3 Å². The number of amides is 1. The Morgan fingerprint density at radius 2 is 2.21 bits per heavy atom. The summed E-state index contributed by atoms with van der Waals surface area (Å²) in [7, 11) is 0. The fraction of sp³-hybridized carbons (Fsp3) is 0.263. The Hall–Kier alpha value is -2.66. The van der Waals surface area contributed by atoms with E-state index in [0.29, 0.717) is 0 Å².